The van der Waals surface area contributed by atoms with Gasteiger partial charge in [-0.05, 0) is 50.0 Å². The molecular formula is C25H34N2O2S. The summed E-state index contributed by atoms with van der Waals surface area (Å²) < 4.78 is 0. The van der Waals surface area contributed by atoms with Crippen LogP contribution in [0.5, 0.6) is 0 Å². The van der Waals surface area contributed by atoms with Gasteiger partial charge in [0.15, 0.2) is 5.12 Å². The molecule has 0 saturated carbocycles. The zero-order valence-corrected chi connectivity index (χ0v) is 19.1. The molecular weight excluding hydrogens is 392 g/mol. The summed E-state index contributed by atoms with van der Waals surface area (Å²) in [6, 6.07) is 20.4. The van der Waals surface area contributed by atoms with Crippen molar-refractivity contribution in [3.8, 4) is 0 Å². The number of nitrogens with zero attached hydrogens (tertiary/aromatic N) is 2. The van der Waals surface area contributed by atoms with E-state index in [9.17, 15) is 9.59 Å². The van der Waals surface area contributed by atoms with Crippen LogP contribution in [0.3, 0.4) is 0 Å². The van der Waals surface area contributed by atoms with E-state index in [0.29, 0.717) is 18.7 Å². The van der Waals surface area contributed by atoms with Crippen molar-refractivity contribution in [3.05, 3.63) is 66.2 Å². The highest BCUT2D eigenvalue weighted by Crippen LogP contribution is 2.17. The fourth-order valence-corrected chi connectivity index (χ4v) is 4.02. The lowest BCUT2D eigenvalue weighted by Gasteiger charge is -2.26. The summed E-state index contributed by atoms with van der Waals surface area (Å²) in [5.41, 5.74) is 2.30. The Bertz CT molecular complexity index is 752. The number of rotatable bonds is 13. The van der Waals surface area contributed by atoms with Crippen molar-refractivity contribution < 1.29 is 9.59 Å². The third-order valence-electron chi connectivity index (χ3n) is 4.95. The molecule has 0 bridgehead atoms. The van der Waals surface area contributed by atoms with Crippen molar-refractivity contribution in [2.24, 2.45) is 0 Å². The molecule has 0 heterocycles. The lowest BCUT2D eigenvalue weighted by Crippen LogP contribution is -2.35. The van der Waals surface area contributed by atoms with Gasteiger partial charge in [-0.3, -0.25) is 9.59 Å². The fraction of sp³-hybridized carbons (Fsp3) is 0.440. The molecule has 0 aliphatic rings. The summed E-state index contributed by atoms with van der Waals surface area (Å²) in [5.74, 6) is 0.623. The van der Waals surface area contributed by atoms with Crippen molar-refractivity contribution in [1.29, 1.82) is 0 Å². The van der Waals surface area contributed by atoms with Crippen LogP contribution in [-0.2, 0) is 16.0 Å². The van der Waals surface area contributed by atoms with Crippen molar-refractivity contribution in [1.82, 2.24) is 4.90 Å². The zero-order valence-electron chi connectivity index (χ0n) is 18.3. The van der Waals surface area contributed by atoms with E-state index < -0.39 is 0 Å². The average molecular weight is 427 g/mol. The molecule has 0 aliphatic carbocycles. The highest BCUT2D eigenvalue weighted by atomic mass is 32.2. The minimum atomic E-state index is 0.0580. The zero-order chi connectivity index (χ0) is 21.6. The van der Waals surface area contributed by atoms with Gasteiger partial charge < -0.3 is 9.80 Å². The average Bonchev–Trinajstić information content (AvgIpc) is 2.76. The van der Waals surface area contributed by atoms with Crippen LogP contribution in [0, 0.1) is 0 Å². The lowest BCUT2D eigenvalue weighted by atomic mass is 10.1. The van der Waals surface area contributed by atoms with E-state index in [0.717, 1.165) is 44.6 Å². The summed E-state index contributed by atoms with van der Waals surface area (Å²) in [6.45, 7) is 7.52. The summed E-state index contributed by atoms with van der Waals surface area (Å²) in [7, 11) is 0. The Morgan fingerprint density at radius 1 is 0.867 bits per heavy atom. The highest BCUT2D eigenvalue weighted by molar-refractivity contribution is 8.13. The molecule has 0 aliphatic heterocycles. The third-order valence-corrected chi connectivity index (χ3v) is 5.76. The van der Waals surface area contributed by atoms with Crippen LogP contribution in [0.2, 0.25) is 0 Å². The van der Waals surface area contributed by atoms with E-state index in [1.54, 1.807) is 6.92 Å². The number of carbonyl (C=O) groups excluding carboxylic acids is 2. The van der Waals surface area contributed by atoms with Gasteiger partial charge in [-0.2, -0.15) is 0 Å². The molecule has 0 spiro atoms. The predicted octanol–water partition coefficient (Wildman–Crippen LogP) is 5.03. The van der Waals surface area contributed by atoms with E-state index in [1.807, 2.05) is 35.2 Å². The minimum absolute atomic E-state index is 0.0580. The Balaban J connectivity index is 1.90. The summed E-state index contributed by atoms with van der Waals surface area (Å²) >= 11 is 1.22. The second-order valence-electron chi connectivity index (χ2n) is 7.40. The Hall–Kier alpha value is -2.11. The molecule has 0 radical (unpaired) electrons. The SMILES string of the molecule is CCCN(CCCN(C(=O)CCSC(C)=O)c1ccccc1)CCc1ccccc1. The molecule has 30 heavy (non-hydrogen) atoms. The van der Waals surface area contributed by atoms with Gasteiger partial charge in [0.05, 0.1) is 0 Å². The monoisotopic (exact) mass is 426 g/mol. The van der Waals surface area contributed by atoms with Crippen LogP contribution in [-0.4, -0.2) is 47.9 Å². The molecule has 0 atom stereocenters. The molecule has 2 aromatic carbocycles. The van der Waals surface area contributed by atoms with E-state index in [1.165, 1.54) is 17.3 Å². The molecule has 0 N–H and O–H groups in total. The van der Waals surface area contributed by atoms with Gasteiger partial charge in [0.2, 0.25) is 5.91 Å². The number of hydrogen-bond donors (Lipinski definition) is 0. The molecule has 0 aromatic heterocycles. The second-order valence-corrected chi connectivity index (χ2v) is 8.67. The number of carbonyl (C=O) groups is 2. The molecule has 2 aromatic rings. The van der Waals surface area contributed by atoms with E-state index in [4.69, 9.17) is 0 Å². The van der Waals surface area contributed by atoms with E-state index in [2.05, 4.69) is 42.2 Å². The smallest absolute Gasteiger partial charge is 0.227 e. The first kappa shape index (κ1) is 24.2. The van der Waals surface area contributed by atoms with Crippen molar-refractivity contribution in [3.63, 3.8) is 0 Å². The molecule has 5 heteroatoms. The molecule has 4 nitrogen and oxygen atoms in total. The first-order chi connectivity index (χ1) is 14.6. The van der Waals surface area contributed by atoms with Gasteiger partial charge in [0.25, 0.3) is 0 Å². The fourth-order valence-electron chi connectivity index (χ4n) is 3.46. The number of anilines is 1. The quantitative estimate of drug-likeness (QED) is 0.450. The van der Waals surface area contributed by atoms with Crippen LogP contribution in [0.1, 0.15) is 38.7 Å². The van der Waals surface area contributed by atoms with Crippen molar-refractivity contribution in [2.45, 2.75) is 39.5 Å². The number of benzene rings is 2. The van der Waals surface area contributed by atoms with Crippen molar-refractivity contribution in [2.75, 3.05) is 36.8 Å². The molecule has 0 fully saturated rings. The van der Waals surface area contributed by atoms with Crippen LogP contribution >= 0.6 is 11.8 Å². The van der Waals surface area contributed by atoms with Crippen LogP contribution < -0.4 is 4.90 Å². The summed E-state index contributed by atoms with van der Waals surface area (Å²) in [4.78, 5) is 28.4. The molecule has 2 rings (SSSR count). The highest BCUT2D eigenvalue weighted by Gasteiger charge is 2.16. The number of thioether (sulfide) groups is 1. The maximum Gasteiger partial charge on any atom is 0.227 e. The second kappa shape index (κ2) is 14.0. The first-order valence-corrected chi connectivity index (χ1v) is 11.8. The predicted molar refractivity (Wildman–Crippen MR) is 128 cm³/mol. The summed E-state index contributed by atoms with van der Waals surface area (Å²) in [5, 5.41) is 0.0580. The van der Waals surface area contributed by atoms with Crippen LogP contribution in [0.15, 0.2) is 60.7 Å². The van der Waals surface area contributed by atoms with Gasteiger partial charge in [-0.25, -0.2) is 0 Å². The van der Waals surface area contributed by atoms with E-state index >= 15 is 0 Å². The number of para-hydroxylation sites is 1. The topological polar surface area (TPSA) is 40.6 Å². The standard InChI is InChI=1S/C25H34N2O2S/c1-3-17-26(20-15-23-11-6-4-7-12-23)18-10-19-27(24-13-8-5-9-14-24)25(29)16-21-30-22(2)28/h4-9,11-14H,3,10,15-21H2,1-2H3. The number of amides is 1. The minimum Gasteiger partial charge on any atom is -0.312 e. The van der Waals surface area contributed by atoms with Gasteiger partial charge in [-0.1, -0.05) is 67.2 Å². The Kier molecular flexibility index (Phi) is 11.3. The molecule has 162 valence electrons. The molecule has 0 saturated heterocycles. The maximum atomic E-state index is 12.8. The van der Waals surface area contributed by atoms with Gasteiger partial charge >= 0.3 is 0 Å². The Labute approximate surface area is 185 Å². The summed E-state index contributed by atoms with van der Waals surface area (Å²) in [6.07, 6.45) is 3.48. The van der Waals surface area contributed by atoms with Crippen LogP contribution in [0.25, 0.3) is 0 Å². The van der Waals surface area contributed by atoms with Gasteiger partial charge in [0.1, 0.15) is 0 Å². The maximum absolute atomic E-state index is 12.8. The third kappa shape index (κ3) is 9.14. The van der Waals surface area contributed by atoms with Gasteiger partial charge in [0, 0.05) is 37.9 Å². The van der Waals surface area contributed by atoms with Crippen molar-refractivity contribution >= 4 is 28.5 Å². The Morgan fingerprint density at radius 3 is 2.17 bits per heavy atom. The van der Waals surface area contributed by atoms with Crippen LogP contribution in [0.4, 0.5) is 5.69 Å². The normalized spacial score (nSPS) is 10.9. The van der Waals surface area contributed by atoms with E-state index in [-0.39, 0.29) is 11.0 Å². The van der Waals surface area contributed by atoms with Gasteiger partial charge in [-0.15, -0.1) is 0 Å². The first-order valence-electron chi connectivity index (χ1n) is 10.8. The number of hydrogen-bond acceptors (Lipinski definition) is 4. The Morgan fingerprint density at radius 2 is 1.53 bits per heavy atom. The molecule has 1 amide bonds. The molecule has 0 unspecified atom stereocenters. The largest absolute Gasteiger partial charge is 0.312 e. The lowest BCUT2D eigenvalue weighted by molar-refractivity contribution is -0.118.